The lowest BCUT2D eigenvalue weighted by atomic mass is 10.1. The fourth-order valence-corrected chi connectivity index (χ4v) is 4.27. The number of aromatic nitrogens is 2. The zero-order valence-corrected chi connectivity index (χ0v) is 18.6. The predicted molar refractivity (Wildman–Crippen MR) is 121 cm³/mol. The van der Waals surface area contributed by atoms with E-state index in [0.717, 1.165) is 16.9 Å². The molecule has 8 nitrogen and oxygen atoms in total. The maximum Gasteiger partial charge on any atom is 0.291 e. The van der Waals surface area contributed by atoms with E-state index in [1.807, 2.05) is 49.0 Å². The van der Waals surface area contributed by atoms with E-state index in [-0.39, 0.29) is 17.6 Å². The van der Waals surface area contributed by atoms with Gasteiger partial charge in [0, 0.05) is 19.4 Å². The number of hydrogen-bond donors (Lipinski definition) is 2. The molecule has 0 aliphatic carbocycles. The fraction of sp³-hybridized carbons (Fsp3) is 0.174. The molecule has 0 aliphatic heterocycles. The zero-order chi connectivity index (χ0) is 22.7. The maximum atomic E-state index is 13.2. The van der Waals surface area contributed by atoms with Crippen molar-refractivity contribution in [1.82, 2.24) is 14.9 Å². The smallest absolute Gasteiger partial charge is 0.291 e. The van der Waals surface area contributed by atoms with Gasteiger partial charge in [-0.2, -0.15) is 0 Å². The molecule has 3 heterocycles. The summed E-state index contributed by atoms with van der Waals surface area (Å²) >= 11 is 1.21. The number of anilines is 1. The molecule has 9 heteroatoms. The number of amides is 2. The topological polar surface area (TPSA) is 98.4 Å². The molecule has 4 aromatic rings. The fourth-order valence-electron chi connectivity index (χ4n) is 3.30. The van der Waals surface area contributed by atoms with Gasteiger partial charge in [-0.3, -0.25) is 9.59 Å². The minimum absolute atomic E-state index is 0.205. The Hall–Kier alpha value is -3.85. The molecule has 2 N–H and O–H groups in total. The average molecular weight is 451 g/mol. The van der Waals surface area contributed by atoms with Crippen molar-refractivity contribution in [3.63, 3.8) is 0 Å². The number of ether oxygens (including phenoxy) is 1. The molecule has 3 aromatic heterocycles. The third-order valence-corrected chi connectivity index (χ3v) is 6.10. The van der Waals surface area contributed by atoms with Gasteiger partial charge in [-0.25, -0.2) is 4.98 Å². The summed E-state index contributed by atoms with van der Waals surface area (Å²) in [6.45, 7) is 1.83. The number of methoxy groups -OCH3 is 1. The van der Waals surface area contributed by atoms with Gasteiger partial charge in [0.15, 0.2) is 5.76 Å². The first kappa shape index (κ1) is 21.4. The highest BCUT2D eigenvalue weighted by Gasteiger charge is 2.24. The van der Waals surface area contributed by atoms with E-state index in [4.69, 9.17) is 9.15 Å². The lowest BCUT2D eigenvalue weighted by Crippen LogP contribution is -2.31. The summed E-state index contributed by atoms with van der Waals surface area (Å²) < 4.78 is 12.2. The number of rotatable bonds is 7. The Kier molecular flexibility index (Phi) is 6.09. The van der Waals surface area contributed by atoms with Gasteiger partial charge in [-0.15, -0.1) is 11.3 Å². The Balaban J connectivity index is 1.57. The summed E-state index contributed by atoms with van der Waals surface area (Å²) in [7, 11) is 3.48. The van der Waals surface area contributed by atoms with Crippen molar-refractivity contribution in [3.05, 3.63) is 88.7 Å². The Morgan fingerprint density at radius 3 is 2.59 bits per heavy atom. The Labute approximate surface area is 188 Å². The van der Waals surface area contributed by atoms with Crippen LogP contribution in [0.25, 0.3) is 0 Å². The van der Waals surface area contributed by atoms with Crippen molar-refractivity contribution < 1.29 is 18.7 Å². The lowest BCUT2D eigenvalue weighted by molar-refractivity contribution is 0.0943. The van der Waals surface area contributed by atoms with E-state index in [2.05, 4.69) is 15.6 Å². The third-order valence-electron chi connectivity index (χ3n) is 4.95. The number of benzene rings is 1. The number of aryl methyl sites for hydroxylation is 2. The van der Waals surface area contributed by atoms with Gasteiger partial charge in [-0.1, -0.05) is 12.1 Å². The largest absolute Gasteiger partial charge is 0.497 e. The molecule has 32 heavy (non-hydrogen) atoms. The molecule has 1 unspecified atom stereocenters. The highest BCUT2D eigenvalue weighted by atomic mass is 32.1. The number of carbonyl (C=O) groups excluding carboxylic acids is 2. The first-order chi connectivity index (χ1) is 15.5. The van der Waals surface area contributed by atoms with E-state index in [1.54, 1.807) is 31.5 Å². The first-order valence-corrected chi connectivity index (χ1v) is 10.6. The van der Waals surface area contributed by atoms with Crippen LogP contribution >= 0.6 is 11.3 Å². The summed E-state index contributed by atoms with van der Waals surface area (Å²) in [5.74, 6) is 1.01. The molecule has 0 saturated carbocycles. The molecule has 1 aromatic carbocycles. The van der Waals surface area contributed by atoms with Gasteiger partial charge in [-0.05, 0) is 48.4 Å². The minimum atomic E-state index is -0.462. The maximum absolute atomic E-state index is 13.2. The molecule has 0 aliphatic rings. The summed E-state index contributed by atoms with van der Waals surface area (Å²) in [6.07, 6.45) is 4.96. The zero-order valence-electron chi connectivity index (χ0n) is 17.8. The molecule has 0 saturated heterocycles. The number of furan rings is 1. The minimum Gasteiger partial charge on any atom is -0.497 e. The Morgan fingerprint density at radius 1 is 1.19 bits per heavy atom. The molecule has 0 bridgehead atoms. The monoisotopic (exact) mass is 450 g/mol. The van der Waals surface area contributed by atoms with Crippen molar-refractivity contribution in [1.29, 1.82) is 0 Å². The SMILES string of the molecule is COc1ccc(C(NC(=O)c2sc(NC(=O)c3ccco3)cc2C)c2nccn2C)cc1. The number of hydrogen-bond acceptors (Lipinski definition) is 6. The molecule has 0 spiro atoms. The molecule has 1 atom stereocenters. The van der Waals surface area contributed by atoms with Gasteiger partial charge >= 0.3 is 0 Å². The van der Waals surface area contributed by atoms with E-state index in [0.29, 0.717) is 15.7 Å². The van der Waals surface area contributed by atoms with Crippen LogP contribution in [-0.4, -0.2) is 28.5 Å². The molecule has 2 amide bonds. The summed E-state index contributed by atoms with van der Waals surface area (Å²) in [5, 5.41) is 6.41. The van der Waals surface area contributed by atoms with Crippen LogP contribution in [0.4, 0.5) is 5.00 Å². The van der Waals surface area contributed by atoms with Crippen molar-refractivity contribution in [2.45, 2.75) is 13.0 Å². The van der Waals surface area contributed by atoms with Gasteiger partial charge in [0.1, 0.15) is 17.6 Å². The first-order valence-electron chi connectivity index (χ1n) is 9.83. The van der Waals surface area contributed by atoms with E-state index >= 15 is 0 Å². The van der Waals surface area contributed by atoms with E-state index in [1.165, 1.54) is 17.6 Å². The third kappa shape index (κ3) is 4.42. The predicted octanol–water partition coefficient (Wildman–Crippen LogP) is 4.16. The number of nitrogens with one attached hydrogen (secondary N) is 2. The molecular formula is C23H22N4O4S. The van der Waals surface area contributed by atoms with Gasteiger partial charge in [0.25, 0.3) is 11.8 Å². The number of carbonyl (C=O) groups is 2. The van der Waals surface area contributed by atoms with Crippen LogP contribution in [0.3, 0.4) is 0 Å². The number of imidazole rings is 1. The van der Waals surface area contributed by atoms with Crippen molar-refractivity contribution in [3.8, 4) is 5.75 Å². The number of nitrogens with zero attached hydrogens (tertiary/aromatic N) is 2. The molecule has 0 fully saturated rings. The second-order valence-corrected chi connectivity index (χ2v) is 8.18. The van der Waals surface area contributed by atoms with Crippen LogP contribution in [0.1, 0.15) is 43.2 Å². The normalized spacial score (nSPS) is 11.7. The molecule has 0 radical (unpaired) electrons. The van der Waals surface area contributed by atoms with Gasteiger partial charge in [0.2, 0.25) is 0 Å². The molecule has 164 valence electrons. The van der Waals surface area contributed by atoms with Crippen LogP contribution in [0, 0.1) is 6.92 Å². The van der Waals surface area contributed by atoms with E-state index in [9.17, 15) is 9.59 Å². The summed E-state index contributed by atoms with van der Waals surface area (Å²) in [6, 6.07) is 12.0. The van der Waals surface area contributed by atoms with Crippen LogP contribution in [0.5, 0.6) is 5.75 Å². The van der Waals surface area contributed by atoms with Crippen molar-refractivity contribution in [2.24, 2.45) is 7.05 Å². The average Bonchev–Trinajstić information content (AvgIpc) is 3.54. The lowest BCUT2D eigenvalue weighted by Gasteiger charge is -2.19. The van der Waals surface area contributed by atoms with Gasteiger partial charge < -0.3 is 24.4 Å². The second-order valence-electron chi connectivity index (χ2n) is 7.13. The molecular weight excluding hydrogens is 428 g/mol. The quantitative estimate of drug-likeness (QED) is 0.441. The van der Waals surface area contributed by atoms with Gasteiger partial charge in [0.05, 0.1) is 23.3 Å². The van der Waals surface area contributed by atoms with E-state index < -0.39 is 6.04 Å². The van der Waals surface area contributed by atoms with Crippen LogP contribution in [-0.2, 0) is 7.05 Å². The molecule has 4 rings (SSSR count). The van der Waals surface area contributed by atoms with Crippen LogP contribution < -0.4 is 15.4 Å². The van der Waals surface area contributed by atoms with Crippen LogP contribution in [0.2, 0.25) is 0 Å². The number of thiophene rings is 1. The highest BCUT2D eigenvalue weighted by molar-refractivity contribution is 7.18. The standard InChI is InChI=1S/C23H22N4O4S/c1-14-13-18(25-22(28)17-5-4-12-31-17)32-20(14)23(29)26-19(21-24-10-11-27(21)2)15-6-8-16(30-3)9-7-15/h4-13,19H,1-3H3,(H,25,28)(H,26,29). The Bertz CT molecular complexity index is 1230. The summed E-state index contributed by atoms with van der Waals surface area (Å²) in [4.78, 5) is 30.4. The second kappa shape index (κ2) is 9.11. The summed E-state index contributed by atoms with van der Waals surface area (Å²) in [5.41, 5.74) is 1.63. The van der Waals surface area contributed by atoms with Crippen molar-refractivity contribution in [2.75, 3.05) is 12.4 Å². The van der Waals surface area contributed by atoms with Crippen LogP contribution in [0.15, 0.2) is 65.5 Å². The van der Waals surface area contributed by atoms with Crippen molar-refractivity contribution >= 4 is 28.2 Å². The Morgan fingerprint density at radius 2 is 1.97 bits per heavy atom. The highest BCUT2D eigenvalue weighted by Crippen LogP contribution is 2.29.